The molecule has 2 fully saturated rings. The molecule has 4 heterocycles. The Balaban J connectivity index is 1.24. The second kappa shape index (κ2) is 9.68. The van der Waals surface area contributed by atoms with Crippen LogP contribution in [0, 0.1) is 0 Å². The zero-order valence-electron chi connectivity index (χ0n) is 18.6. The first-order valence-electron chi connectivity index (χ1n) is 11.3. The molecule has 0 radical (unpaired) electrons. The molecule has 1 aromatic carbocycles. The number of aromatic nitrogens is 3. The average Bonchev–Trinajstić information content (AvgIpc) is 3.55. The number of amides is 1. The summed E-state index contributed by atoms with van der Waals surface area (Å²) in [6.07, 6.45) is 5.89. The van der Waals surface area contributed by atoms with Crippen LogP contribution in [0.2, 0.25) is 0 Å². The van der Waals surface area contributed by atoms with Gasteiger partial charge >= 0.3 is 0 Å². The highest BCUT2D eigenvalue weighted by atomic mass is 16.5. The molecule has 0 bridgehead atoms. The third-order valence-corrected chi connectivity index (χ3v) is 6.30. The number of anilines is 1. The number of benzene rings is 1. The van der Waals surface area contributed by atoms with Crippen LogP contribution in [-0.4, -0.2) is 58.8 Å². The van der Waals surface area contributed by atoms with Gasteiger partial charge in [0.15, 0.2) is 0 Å². The fourth-order valence-corrected chi connectivity index (χ4v) is 4.53. The van der Waals surface area contributed by atoms with Gasteiger partial charge < -0.3 is 19.3 Å². The Kier molecular flexibility index (Phi) is 6.32. The van der Waals surface area contributed by atoms with Gasteiger partial charge in [0.05, 0.1) is 13.2 Å². The first-order chi connectivity index (χ1) is 16.2. The summed E-state index contributed by atoms with van der Waals surface area (Å²) in [5.41, 5.74) is 1.26. The first kappa shape index (κ1) is 21.5. The van der Waals surface area contributed by atoms with E-state index in [9.17, 15) is 4.79 Å². The molecule has 2 aromatic heterocycles. The van der Waals surface area contributed by atoms with Crippen molar-refractivity contribution in [2.75, 3.05) is 32.2 Å². The van der Waals surface area contributed by atoms with Gasteiger partial charge in [0, 0.05) is 36.6 Å². The van der Waals surface area contributed by atoms with Crippen LogP contribution in [-0.2, 0) is 4.74 Å². The molecule has 172 valence electrons. The van der Waals surface area contributed by atoms with E-state index < -0.39 is 0 Å². The largest absolute Gasteiger partial charge is 0.497 e. The van der Waals surface area contributed by atoms with Crippen molar-refractivity contribution in [2.45, 2.75) is 37.8 Å². The lowest BCUT2D eigenvalue weighted by atomic mass is 10.1. The number of nitrogens with one attached hydrogen (secondary N) is 1. The molecular weight excluding hydrogens is 422 g/mol. The quantitative estimate of drug-likeness (QED) is 0.608. The fraction of sp³-hybridized carbons (Fsp3) is 0.417. The Morgan fingerprint density at radius 2 is 1.94 bits per heavy atom. The van der Waals surface area contributed by atoms with Crippen molar-refractivity contribution < 1.29 is 18.8 Å². The number of rotatable bonds is 6. The van der Waals surface area contributed by atoms with Crippen LogP contribution in [0.1, 0.15) is 48.0 Å². The van der Waals surface area contributed by atoms with Gasteiger partial charge in [-0.3, -0.25) is 9.69 Å². The van der Waals surface area contributed by atoms with Gasteiger partial charge in [-0.05, 0) is 68.6 Å². The van der Waals surface area contributed by atoms with Crippen LogP contribution < -0.4 is 10.1 Å². The Morgan fingerprint density at radius 3 is 2.67 bits per heavy atom. The van der Waals surface area contributed by atoms with Gasteiger partial charge in [0.1, 0.15) is 11.6 Å². The molecule has 9 heteroatoms. The number of nitrogens with zero attached hydrogens (tertiary/aromatic N) is 4. The van der Waals surface area contributed by atoms with Gasteiger partial charge in [0.25, 0.3) is 5.91 Å². The van der Waals surface area contributed by atoms with E-state index in [0.717, 1.165) is 51.0 Å². The number of pyridine rings is 1. The van der Waals surface area contributed by atoms with Crippen LogP contribution >= 0.6 is 0 Å². The Bertz CT molecular complexity index is 1080. The van der Waals surface area contributed by atoms with E-state index in [-0.39, 0.29) is 11.9 Å². The van der Waals surface area contributed by atoms with E-state index in [0.29, 0.717) is 34.9 Å². The minimum Gasteiger partial charge on any atom is -0.497 e. The minimum atomic E-state index is -0.241. The van der Waals surface area contributed by atoms with Crippen molar-refractivity contribution in [3.8, 4) is 17.1 Å². The minimum absolute atomic E-state index is 0.158. The average molecular weight is 450 g/mol. The molecule has 3 aromatic rings. The van der Waals surface area contributed by atoms with Crippen LogP contribution in [0.4, 0.5) is 5.82 Å². The van der Waals surface area contributed by atoms with E-state index in [1.165, 1.54) is 0 Å². The molecule has 2 aliphatic heterocycles. The molecule has 1 N–H and O–H groups in total. The van der Waals surface area contributed by atoms with Crippen molar-refractivity contribution in [1.82, 2.24) is 20.0 Å². The molecule has 1 atom stereocenters. The van der Waals surface area contributed by atoms with Gasteiger partial charge in [-0.1, -0.05) is 5.16 Å². The Labute approximate surface area is 192 Å². The molecule has 9 nitrogen and oxygen atoms in total. The maximum absolute atomic E-state index is 12.4. The lowest BCUT2D eigenvalue weighted by Crippen LogP contribution is -2.39. The smallest absolute Gasteiger partial charge is 0.256 e. The predicted octanol–water partition coefficient (Wildman–Crippen LogP) is 3.71. The summed E-state index contributed by atoms with van der Waals surface area (Å²) in [4.78, 5) is 24.0. The molecule has 33 heavy (non-hydrogen) atoms. The summed E-state index contributed by atoms with van der Waals surface area (Å²) in [6.45, 7) is 2.68. The van der Waals surface area contributed by atoms with Crippen molar-refractivity contribution in [1.29, 1.82) is 0 Å². The van der Waals surface area contributed by atoms with E-state index in [1.807, 2.05) is 6.07 Å². The van der Waals surface area contributed by atoms with Crippen LogP contribution in [0.3, 0.4) is 0 Å². The summed E-state index contributed by atoms with van der Waals surface area (Å²) < 4.78 is 16.3. The monoisotopic (exact) mass is 449 g/mol. The summed E-state index contributed by atoms with van der Waals surface area (Å²) in [6, 6.07) is 11.1. The Morgan fingerprint density at radius 1 is 1.12 bits per heavy atom. The van der Waals surface area contributed by atoms with Crippen LogP contribution in [0.25, 0.3) is 11.4 Å². The maximum atomic E-state index is 12.4. The molecule has 0 spiro atoms. The third kappa shape index (κ3) is 4.74. The second-order valence-corrected chi connectivity index (χ2v) is 8.31. The number of hydrogen-bond acceptors (Lipinski definition) is 8. The number of ether oxygens (including phenoxy) is 2. The standard InChI is InChI=1S/C24H27N5O4/c1-31-19-7-4-16(5-8-19)23(30)26-21-9-6-17(15-25-21)22-27-24(33-28-22)20-3-2-12-29(20)18-10-13-32-14-11-18/h4-9,15,18,20H,2-3,10-14H2,1H3,(H,25,26,30)/t20-/m0/s1. The van der Waals surface area contributed by atoms with Crippen molar-refractivity contribution in [3.05, 3.63) is 54.0 Å². The number of carbonyl (C=O) groups is 1. The summed E-state index contributed by atoms with van der Waals surface area (Å²) in [5, 5.41) is 6.98. The molecule has 0 unspecified atom stereocenters. The summed E-state index contributed by atoms with van der Waals surface area (Å²) >= 11 is 0. The normalized spacial score (nSPS) is 19.5. The zero-order chi connectivity index (χ0) is 22.6. The maximum Gasteiger partial charge on any atom is 0.256 e. The van der Waals surface area contributed by atoms with E-state index in [1.54, 1.807) is 43.6 Å². The van der Waals surface area contributed by atoms with Crippen molar-refractivity contribution in [3.63, 3.8) is 0 Å². The second-order valence-electron chi connectivity index (χ2n) is 8.31. The van der Waals surface area contributed by atoms with Gasteiger partial charge in [-0.15, -0.1) is 0 Å². The highest BCUT2D eigenvalue weighted by molar-refractivity contribution is 6.03. The van der Waals surface area contributed by atoms with Crippen molar-refractivity contribution in [2.24, 2.45) is 0 Å². The fourth-order valence-electron chi connectivity index (χ4n) is 4.53. The zero-order valence-corrected chi connectivity index (χ0v) is 18.6. The molecule has 2 aliphatic rings. The van der Waals surface area contributed by atoms with E-state index >= 15 is 0 Å². The van der Waals surface area contributed by atoms with Crippen LogP contribution in [0.15, 0.2) is 47.1 Å². The molecular formula is C24H27N5O4. The molecule has 2 saturated heterocycles. The number of likely N-dealkylation sites (tertiary alicyclic amines) is 1. The molecule has 0 saturated carbocycles. The number of hydrogen-bond donors (Lipinski definition) is 1. The van der Waals surface area contributed by atoms with Gasteiger partial charge in [-0.2, -0.15) is 4.98 Å². The third-order valence-electron chi connectivity index (χ3n) is 6.30. The topological polar surface area (TPSA) is 103 Å². The van der Waals surface area contributed by atoms with Gasteiger partial charge in [0.2, 0.25) is 11.7 Å². The van der Waals surface area contributed by atoms with Crippen LogP contribution in [0.5, 0.6) is 5.75 Å². The van der Waals surface area contributed by atoms with Crippen molar-refractivity contribution >= 4 is 11.7 Å². The number of carbonyl (C=O) groups excluding carboxylic acids is 1. The first-order valence-corrected chi connectivity index (χ1v) is 11.3. The highest BCUT2D eigenvalue weighted by Crippen LogP contribution is 2.35. The molecule has 0 aliphatic carbocycles. The van der Waals surface area contributed by atoms with E-state index in [2.05, 4.69) is 25.3 Å². The number of methoxy groups -OCH3 is 1. The predicted molar refractivity (Wildman–Crippen MR) is 121 cm³/mol. The lowest BCUT2D eigenvalue weighted by Gasteiger charge is -2.33. The van der Waals surface area contributed by atoms with E-state index in [4.69, 9.17) is 14.0 Å². The van der Waals surface area contributed by atoms with Gasteiger partial charge in [-0.25, -0.2) is 4.98 Å². The highest BCUT2D eigenvalue weighted by Gasteiger charge is 2.36. The summed E-state index contributed by atoms with van der Waals surface area (Å²) in [7, 11) is 1.59. The molecule has 1 amide bonds. The Hall–Kier alpha value is -3.30. The molecule has 5 rings (SSSR count). The lowest BCUT2D eigenvalue weighted by molar-refractivity contribution is 0.0243. The summed E-state index contributed by atoms with van der Waals surface area (Å²) in [5.74, 6) is 2.07. The SMILES string of the molecule is COc1ccc(C(=O)Nc2ccc(-c3noc([C@@H]4CCCN4C4CCOCC4)n3)cn2)cc1.